The standard InChI is InChI=1S/C26H35ClN2O2.2ClH/c1-28-21-13-14-29(16-21)17-23(22-9-5-6-10-25(22)30)20-11-12-26(24(27)15-20)31-18-19-7-3-2-4-8-19;;/h2-4,7-8,11-12,15,21-23,25,28,30H,5-6,9-10,13-14,16-18H2,1H3;2*1H/t21-,22?,23?,25?;;/m0../s1. The van der Waals surface area contributed by atoms with Crippen molar-refractivity contribution in [3.8, 4) is 5.75 Å². The summed E-state index contributed by atoms with van der Waals surface area (Å²) in [6.07, 6.45) is 5.27. The second-order valence-corrected chi connectivity index (χ2v) is 9.53. The summed E-state index contributed by atoms with van der Waals surface area (Å²) in [6.45, 7) is 3.66. The van der Waals surface area contributed by atoms with Crippen molar-refractivity contribution in [2.45, 2.75) is 56.8 Å². The highest BCUT2D eigenvalue weighted by Crippen LogP contribution is 2.39. The van der Waals surface area contributed by atoms with Crippen LogP contribution in [0.5, 0.6) is 5.75 Å². The minimum absolute atomic E-state index is 0. The highest BCUT2D eigenvalue weighted by atomic mass is 35.5. The molecule has 0 aromatic heterocycles. The molecule has 0 amide bonds. The number of likely N-dealkylation sites (N-methyl/N-ethyl adjacent to an activating group) is 1. The number of ether oxygens (including phenoxy) is 1. The number of hydrogen-bond acceptors (Lipinski definition) is 4. The summed E-state index contributed by atoms with van der Waals surface area (Å²) in [6, 6.07) is 16.9. The molecule has 1 aliphatic heterocycles. The molecule has 4 nitrogen and oxygen atoms in total. The Morgan fingerprint density at radius 1 is 1.09 bits per heavy atom. The van der Waals surface area contributed by atoms with Crippen LogP contribution >= 0.6 is 36.4 Å². The van der Waals surface area contributed by atoms with Crippen molar-refractivity contribution >= 4 is 36.4 Å². The third-order valence-corrected chi connectivity index (χ3v) is 7.35. The number of aliphatic hydroxyl groups is 1. The highest BCUT2D eigenvalue weighted by Gasteiger charge is 2.34. The number of nitrogens with one attached hydrogen (secondary N) is 1. The SMILES string of the molecule is CN[C@H]1CCN(CC(c2ccc(OCc3ccccc3)c(Cl)c2)C2CCCCC2O)C1.Cl.Cl. The molecular formula is C26H37Cl3N2O2. The van der Waals surface area contributed by atoms with Gasteiger partial charge in [0.1, 0.15) is 12.4 Å². The molecule has 1 saturated heterocycles. The molecule has 2 aromatic carbocycles. The lowest BCUT2D eigenvalue weighted by Crippen LogP contribution is -2.38. The van der Waals surface area contributed by atoms with Crippen LogP contribution in [-0.4, -0.2) is 48.8 Å². The number of benzene rings is 2. The Hall–Kier alpha value is -1.01. The first kappa shape index (κ1) is 28.2. The zero-order chi connectivity index (χ0) is 21.6. The van der Waals surface area contributed by atoms with Gasteiger partial charge in [0.2, 0.25) is 0 Å². The summed E-state index contributed by atoms with van der Waals surface area (Å²) >= 11 is 6.67. The summed E-state index contributed by atoms with van der Waals surface area (Å²) in [4.78, 5) is 2.54. The van der Waals surface area contributed by atoms with Crippen molar-refractivity contribution in [3.05, 3.63) is 64.7 Å². The van der Waals surface area contributed by atoms with E-state index in [1.165, 1.54) is 18.4 Å². The van der Waals surface area contributed by atoms with Crippen molar-refractivity contribution in [2.75, 3.05) is 26.7 Å². The topological polar surface area (TPSA) is 44.7 Å². The maximum atomic E-state index is 10.8. The minimum Gasteiger partial charge on any atom is -0.487 e. The summed E-state index contributed by atoms with van der Waals surface area (Å²) in [5.74, 6) is 1.29. The fourth-order valence-corrected chi connectivity index (χ4v) is 5.45. The van der Waals surface area contributed by atoms with Crippen LogP contribution in [0.3, 0.4) is 0 Å². The molecular weight excluding hydrogens is 479 g/mol. The molecule has 33 heavy (non-hydrogen) atoms. The van der Waals surface area contributed by atoms with E-state index < -0.39 is 0 Å². The molecule has 1 aliphatic carbocycles. The molecule has 2 aromatic rings. The van der Waals surface area contributed by atoms with E-state index in [1.807, 2.05) is 31.3 Å². The zero-order valence-corrected chi connectivity index (χ0v) is 21.7. The fourth-order valence-electron chi connectivity index (χ4n) is 5.21. The van der Waals surface area contributed by atoms with Gasteiger partial charge in [-0.2, -0.15) is 0 Å². The van der Waals surface area contributed by atoms with Crippen molar-refractivity contribution in [1.82, 2.24) is 10.2 Å². The van der Waals surface area contributed by atoms with E-state index in [9.17, 15) is 5.11 Å². The maximum absolute atomic E-state index is 10.8. The van der Waals surface area contributed by atoms with E-state index in [0.29, 0.717) is 23.4 Å². The molecule has 0 bridgehead atoms. The van der Waals surface area contributed by atoms with Crippen molar-refractivity contribution in [2.24, 2.45) is 5.92 Å². The van der Waals surface area contributed by atoms with Gasteiger partial charge in [-0.15, -0.1) is 24.8 Å². The third-order valence-electron chi connectivity index (χ3n) is 7.06. The van der Waals surface area contributed by atoms with Gasteiger partial charge in [0.05, 0.1) is 11.1 Å². The Kier molecular flexibility index (Phi) is 11.8. The molecule has 4 atom stereocenters. The van der Waals surface area contributed by atoms with Crippen LogP contribution in [0.15, 0.2) is 48.5 Å². The number of halogens is 3. The summed E-state index contributed by atoms with van der Waals surface area (Å²) < 4.78 is 5.99. The normalized spacial score (nSPS) is 23.9. The van der Waals surface area contributed by atoms with Gasteiger partial charge in [-0.05, 0) is 62.0 Å². The lowest BCUT2D eigenvalue weighted by Gasteiger charge is -2.37. The highest BCUT2D eigenvalue weighted by molar-refractivity contribution is 6.32. The Balaban J connectivity index is 0.00000193. The molecule has 2 fully saturated rings. The zero-order valence-electron chi connectivity index (χ0n) is 19.3. The molecule has 4 rings (SSSR count). The van der Waals surface area contributed by atoms with Crippen LogP contribution in [-0.2, 0) is 6.61 Å². The average Bonchev–Trinajstić information content (AvgIpc) is 3.26. The second-order valence-electron chi connectivity index (χ2n) is 9.12. The fraction of sp³-hybridized carbons (Fsp3) is 0.538. The van der Waals surface area contributed by atoms with E-state index in [1.54, 1.807) is 0 Å². The number of rotatable bonds is 8. The van der Waals surface area contributed by atoms with Gasteiger partial charge in [0.25, 0.3) is 0 Å². The van der Waals surface area contributed by atoms with Gasteiger partial charge >= 0.3 is 0 Å². The maximum Gasteiger partial charge on any atom is 0.138 e. The Bertz CT molecular complexity index is 840. The lowest BCUT2D eigenvalue weighted by atomic mass is 9.74. The van der Waals surface area contributed by atoms with Crippen LogP contribution < -0.4 is 10.1 Å². The van der Waals surface area contributed by atoms with Crippen molar-refractivity contribution in [1.29, 1.82) is 0 Å². The smallest absolute Gasteiger partial charge is 0.138 e. The van der Waals surface area contributed by atoms with Gasteiger partial charge in [0.15, 0.2) is 0 Å². The van der Waals surface area contributed by atoms with Crippen molar-refractivity contribution < 1.29 is 9.84 Å². The van der Waals surface area contributed by atoms with E-state index in [0.717, 1.165) is 44.5 Å². The van der Waals surface area contributed by atoms with Gasteiger partial charge in [-0.3, -0.25) is 0 Å². The molecule has 1 heterocycles. The number of nitrogens with zero attached hydrogens (tertiary/aromatic N) is 1. The second kappa shape index (κ2) is 13.8. The van der Waals surface area contributed by atoms with E-state index in [-0.39, 0.29) is 42.8 Å². The monoisotopic (exact) mass is 514 g/mol. The molecule has 184 valence electrons. The first-order valence-corrected chi connectivity index (χ1v) is 12.1. The predicted octanol–water partition coefficient (Wildman–Crippen LogP) is 5.69. The van der Waals surface area contributed by atoms with Crippen LogP contribution in [0.4, 0.5) is 0 Å². The Morgan fingerprint density at radius 3 is 2.52 bits per heavy atom. The molecule has 2 N–H and O–H groups in total. The van der Waals surface area contributed by atoms with Crippen molar-refractivity contribution in [3.63, 3.8) is 0 Å². The Morgan fingerprint density at radius 2 is 1.85 bits per heavy atom. The van der Waals surface area contributed by atoms with Crippen LogP contribution in [0, 0.1) is 5.92 Å². The van der Waals surface area contributed by atoms with E-state index in [2.05, 4.69) is 34.5 Å². The largest absolute Gasteiger partial charge is 0.487 e. The summed E-state index contributed by atoms with van der Waals surface area (Å²) in [7, 11) is 2.05. The van der Waals surface area contributed by atoms with Crippen LogP contribution in [0.1, 0.15) is 49.1 Å². The third kappa shape index (κ3) is 7.48. The molecule has 2 aliphatic rings. The molecule has 1 saturated carbocycles. The summed E-state index contributed by atoms with van der Waals surface area (Å²) in [5, 5.41) is 14.9. The predicted molar refractivity (Wildman–Crippen MR) is 141 cm³/mol. The van der Waals surface area contributed by atoms with E-state index >= 15 is 0 Å². The quantitative estimate of drug-likeness (QED) is 0.474. The minimum atomic E-state index is -0.228. The first-order chi connectivity index (χ1) is 15.1. The Labute approximate surface area is 215 Å². The van der Waals surface area contributed by atoms with Gasteiger partial charge < -0.3 is 20.1 Å². The number of aliphatic hydroxyl groups excluding tert-OH is 1. The molecule has 7 heteroatoms. The molecule has 0 radical (unpaired) electrons. The first-order valence-electron chi connectivity index (χ1n) is 11.7. The van der Waals surface area contributed by atoms with Gasteiger partial charge in [-0.25, -0.2) is 0 Å². The van der Waals surface area contributed by atoms with Gasteiger partial charge in [0, 0.05) is 25.0 Å². The van der Waals surface area contributed by atoms with Crippen LogP contribution in [0.2, 0.25) is 5.02 Å². The average molecular weight is 516 g/mol. The molecule has 3 unspecified atom stereocenters. The van der Waals surface area contributed by atoms with E-state index in [4.69, 9.17) is 16.3 Å². The number of hydrogen-bond donors (Lipinski definition) is 2. The van der Waals surface area contributed by atoms with Gasteiger partial charge in [-0.1, -0.05) is 60.8 Å². The lowest BCUT2D eigenvalue weighted by molar-refractivity contribution is 0.0475. The molecule has 0 spiro atoms. The summed E-state index contributed by atoms with van der Waals surface area (Å²) in [5.41, 5.74) is 2.34. The number of likely N-dealkylation sites (tertiary alicyclic amines) is 1. The van der Waals surface area contributed by atoms with Crippen LogP contribution in [0.25, 0.3) is 0 Å².